The highest BCUT2D eigenvalue weighted by molar-refractivity contribution is 5.72. The van der Waals surface area contributed by atoms with Gasteiger partial charge in [0.25, 0.3) is 0 Å². The predicted octanol–water partition coefficient (Wildman–Crippen LogP) is 4.13. The van der Waals surface area contributed by atoms with Crippen molar-refractivity contribution in [3.8, 4) is 0 Å². The molecule has 0 aliphatic carbocycles. The zero-order valence-corrected chi connectivity index (χ0v) is 11.2. The Kier molecular flexibility index (Phi) is 5.14. The minimum atomic E-state index is 0.407. The highest BCUT2D eigenvalue weighted by atomic mass is 16.1. The normalized spacial score (nSPS) is 13.8. The van der Waals surface area contributed by atoms with Crippen LogP contribution in [0.15, 0.2) is 35.9 Å². The van der Waals surface area contributed by atoms with Gasteiger partial charge in [-0.25, -0.2) is 0 Å². The summed E-state index contributed by atoms with van der Waals surface area (Å²) in [7, 11) is 0. The van der Waals surface area contributed by atoms with Crippen molar-refractivity contribution in [3.63, 3.8) is 0 Å². The van der Waals surface area contributed by atoms with Crippen LogP contribution < -0.4 is 0 Å². The van der Waals surface area contributed by atoms with Gasteiger partial charge in [0.15, 0.2) is 0 Å². The number of benzene rings is 1. The fourth-order valence-electron chi connectivity index (χ4n) is 1.96. The van der Waals surface area contributed by atoms with Gasteiger partial charge in [-0.1, -0.05) is 51.1 Å². The molecule has 92 valence electrons. The van der Waals surface area contributed by atoms with Crippen LogP contribution in [0.25, 0.3) is 0 Å². The smallest absolute Gasteiger partial charge is 0.145 e. The Balaban J connectivity index is 2.66. The lowest BCUT2D eigenvalue weighted by molar-refractivity contribution is -0.104. The van der Waals surface area contributed by atoms with Crippen LogP contribution >= 0.6 is 0 Å². The first kappa shape index (κ1) is 13.7. The van der Waals surface area contributed by atoms with Crippen molar-refractivity contribution < 1.29 is 4.79 Å². The molecule has 0 N–H and O–H groups in total. The highest BCUT2D eigenvalue weighted by Crippen LogP contribution is 2.17. The van der Waals surface area contributed by atoms with Crippen molar-refractivity contribution in [2.75, 3.05) is 0 Å². The van der Waals surface area contributed by atoms with Crippen LogP contribution in [0.4, 0.5) is 0 Å². The van der Waals surface area contributed by atoms with Crippen molar-refractivity contribution in [2.45, 2.75) is 40.0 Å². The lowest BCUT2D eigenvalue weighted by Gasteiger charge is -2.09. The van der Waals surface area contributed by atoms with Gasteiger partial charge in [0.1, 0.15) is 6.29 Å². The summed E-state index contributed by atoms with van der Waals surface area (Å²) in [6, 6.07) is 8.78. The van der Waals surface area contributed by atoms with Crippen LogP contribution in [0.1, 0.15) is 44.7 Å². The first-order valence-corrected chi connectivity index (χ1v) is 6.25. The number of carbonyl (C=O) groups is 1. The molecule has 1 heteroatoms. The average Bonchev–Trinajstić information content (AvgIpc) is 2.29. The Morgan fingerprint density at radius 2 is 1.76 bits per heavy atom. The van der Waals surface area contributed by atoms with E-state index in [1.54, 1.807) is 0 Å². The third kappa shape index (κ3) is 4.56. The van der Waals surface area contributed by atoms with E-state index in [0.717, 1.165) is 18.3 Å². The van der Waals surface area contributed by atoms with Crippen LogP contribution in [-0.4, -0.2) is 6.29 Å². The third-order valence-electron chi connectivity index (χ3n) is 2.94. The summed E-state index contributed by atoms with van der Waals surface area (Å²) in [4.78, 5) is 10.5. The quantitative estimate of drug-likeness (QED) is 0.549. The fourth-order valence-corrected chi connectivity index (χ4v) is 1.96. The molecule has 0 fully saturated rings. The summed E-state index contributed by atoms with van der Waals surface area (Å²) in [6.07, 6.45) is 3.94. The fraction of sp³-hybridized carbons (Fsp3) is 0.438. The van der Waals surface area contributed by atoms with Gasteiger partial charge in [-0.2, -0.15) is 0 Å². The molecular weight excluding hydrogens is 208 g/mol. The summed E-state index contributed by atoms with van der Waals surface area (Å²) in [6.45, 7) is 8.40. The molecule has 0 aliphatic heterocycles. The van der Waals surface area contributed by atoms with Crippen LogP contribution in [-0.2, 0) is 11.2 Å². The predicted molar refractivity (Wildman–Crippen MR) is 73.2 cm³/mol. The van der Waals surface area contributed by atoms with E-state index in [0.29, 0.717) is 11.8 Å². The van der Waals surface area contributed by atoms with Crippen LogP contribution in [0.3, 0.4) is 0 Å². The Morgan fingerprint density at radius 3 is 2.24 bits per heavy atom. The molecule has 0 radical (unpaired) electrons. The van der Waals surface area contributed by atoms with Gasteiger partial charge in [-0.15, -0.1) is 0 Å². The summed E-state index contributed by atoms with van der Waals surface area (Å²) in [5, 5.41) is 0. The van der Waals surface area contributed by atoms with Crippen molar-refractivity contribution in [3.05, 3.63) is 47.0 Å². The van der Waals surface area contributed by atoms with Crippen molar-refractivity contribution >= 4 is 6.29 Å². The topological polar surface area (TPSA) is 17.1 Å². The lowest BCUT2D eigenvalue weighted by atomic mass is 9.96. The van der Waals surface area contributed by atoms with Gasteiger partial charge in [0, 0.05) is 0 Å². The van der Waals surface area contributed by atoms with Gasteiger partial charge < -0.3 is 0 Å². The molecule has 1 aromatic carbocycles. The van der Waals surface area contributed by atoms with E-state index in [1.807, 2.05) is 13.0 Å². The summed E-state index contributed by atoms with van der Waals surface area (Å²) >= 11 is 0. The molecule has 1 unspecified atom stereocenters. The molecule has 1 atom stereocenters. The maximum Gasteiger partial charge on any atom is 0.145 e. The van der Waals surface area contributed by atoms with Gasteiger partial charge in [0.2, 0.25) is 0 Å². The van der Waals surface area contributed by atoms with E-state index in [4.69, 9.17) is 0 Å². The Morgan fingerprint density at radius 1 is 1.18 bits per heavy atom. The maximum absolute atomic E-state index is 10.5. The molecule has 17 heavy (non-hydrogen) atoms. The third-order valence-corrected chi connectivity index (χ3v) is 2.94. The second-order valence-corrected chi connectivity index (χ2v) is 5.11. The molecule has 0 bridgehead atoms. The summed E-state index contributed by atoms with van der Waals surface area (Å²) < 4.78 is 0. The zero-order valence-electron chi connectivity index (χ0n) is 11.2. The first-order chi connectivity index (χ1) is 8.02. The SMILES string of the molecule is CC(C=O)=CC(C)Cc1ccc(C(C)C)cc1. The lowest BCUT2D eigenvalue weighted by Crippen LogP contribution is -1.98. The van der Waals surface area contributed by atoms with Gasteiger partial charge >= 0.3 is 0 Å². The number of carbonyl (C=O) groups excluding carboxylic acids is 1. The van der Waals surface area contributed by atoms with E-state index in [1.165, 1.54) is 11.1 Å². The average molecular weight is 230 g/mol. The van der Waals surface area contributed by atoms with Crippen LogP contribution in [0.5, 0.6) is 0 Å². The monoisotopic (exact) mass is 230 g/mol. The molecular formula is C16H22O. The van der Waals surface area contributed by atoms with Crippen LogP contribution in [0, 0.1) is 5.92 Å². The second kappa shape index (κ2) is 6.39. The molecule has 0 spiro atoms. The van der Waals surface area contributed by atoms with Gasteiger partial charge in [-0.3, -0.25) is 4.79 Å². The first-order valence-electron chi connectivity index (χ1n) is 6.25. The van der Waals surface area contributed by atoms with Crippen molar-refractivity contribution in [2.24, 2.45) is 5.92 Å². The van der Waals surface area contributed by atoms with Crippen molar-refractivity contribution in [1.29, 1.82) is 0 Å². The van der Waals surface area contributed by atoms with E-state index >= 15 is 0 Å². The van der Waals surface area contributed by atoms with E-state index in [2.05, 4.69) is 45.0 Å². The summed E-state index contributed by atoms with van der Waals surface area (Å²) in [5.74, 6) is 0.990. The highest BCUT2D eigenvalue weighted by Gasteiger charge is 2.03. The number of hydrogen-bond acceptors (Lipinski definition) is 1. The second-order valence-electron chi connectivity index (χ2n) is 5.11. The molecule has 1 aromatic rings. The molecule has 0 amide bonds. The molecule has 0 saturated heterocycles. The number of allylic oxidation sites excluding steroid dienone is 2. The molecule has 1 nitrogen and oxygen atoms in total. The molecule has 1 rings (SSSR count). The molecule has 0 aromatic heterocycles. The van der Waals surface area contributed by atoms with Gasteiger partial charge in [0.05, 0.1) is 0 Å². The Hall–Kier alpha value is -1.37. The summed E-state index contributed by atoms with van der Waals surface area (Å²) in [5.41, 5.74) is 3.52. The van der Waals surface area contributed by atoms with E-state index in [9.17, 15) is 4.79 Å². The standard InChI is InChI=1S/C16H22O/c1-12(2)16-7-5-15(6-8-16)10-13(3)9-14(4)11-17/h5-9,11-13H,10H2,1-4H3. The van der Waals surface area contributed by atoms with Crippen molar-refractivity contribution in [1.82, 2.24) is 0 Å². The van der Waals surface area contributed by atoms with E-state index in [-0.39, 0.29) is 0 Å². The maximum atomic E-state index is 10.5. The number of hydrogen-bond donors (Lipinski definition) is 0. The minimum absolute atomic E-state index is 0.407. The number of aldehydes is 1. The van der Waals surface area contributed by atoms with E-state index < -0.39 is 0 Å². The molecule has 0 heterocycles. The largest absolute Gasteiger partial charge is 0.298 e. The number of rotatable bonds is 5. The van der Waals surface area contributed by atoms with Crippen LogP contribution in [0.2, 0.25) is 0 Å². The minimum Gasteiger partial charge on any atom is -0.298 e. The van der Waals surface area contributed by atoms with Gasteiger partial charge in [-0.05, 0) is 41.9 Å². The Bertz CT molecular complexity index is 384. The molecule has 0 saturated carbocycles. The zero-order chi connectivity index (χ0) is 12.8. The Labute approximate surface area is 105 Å². The molecule has 0 aliphatic rings.